The molecule has 1 aliphatic rings. The molecule has 5 heteroatoms. The van der Waals surface area contributed by atoms with Crippen molar-refractivity contribution in [2.45, 2.75) is 51.8 Å². The van der Waals surface area contributed by atoms with Gasteiger partial charge in [-0.05, 0) is 32.2 Å². The Balaban J connectivity index is 2.23. The van der Waals surface area contributed by atoms with E-state index in [1.165, 1.54) is 0 Å². The van der Waals surface area contributed by atoms with E-state index in [9.17, 15) is 9.90 Å². The van der Waals surface area contributed by atoms with Gasteiger partial charge in [0.05, 0.1) is 6.10 Å². The van der Waals surface area contributed by atoms with Gasteiger partial charge in [-0.15, -0.1) is 0 Å². The van der Waals surface area contributed by atoms with Crippen LogP contribution >= 0.6 is 0 Å². The summed E-state index contributed by atoms with van der Waals surface area (Å²) >= 11 is 0. The predicted octanol–water partition coefficient (Wildman–Crippen LogP) is 0.530. The summed E-state index contributed by atoms with van der Waals surface area (Å²) in [5.74, 6) is -0.137. The van der Waals surface area contributed by atoms with E-state index in [0.717, 1.165) is 19.5 Å². The van der Waals surface area contributed by atoms with Crippen LogP contribution in [0.25, 0.3) is 0 Å². The first-order valence-corrected chi connectivity index (χ1v) is 6.80. The summed E-state index contributed by atoms with van der Waals surface area (Å²) in [6.45, 7) is 8.37. The molecular weight excluding hydrogens is 232 g/mol. The Kier molecular flexibility index (Phi) is 6.05. The second-order valence-corrected chi connectivity index (χ2v) is 5.63. The first-order valence-electron chi connectivity index (χ1n) is 6.80. The number of carboxylic acid groups (broad SMARTS) is 1. The monoisotopic (exact) mass is 258 g/mol. The molecule has 0 spiro atoms. The molecule has 18 heavy (non-hydrogen) atoms. The van der Waals surface area contributed by atoms with Crippen LogP contribution in [0.2, 0.25) is 0 Å². The van der Waals surface area contributed by atoms with Gasteiger partial charge >= 0.3 is 5.97 Å². The van der Waals surface area contributed by atoms with Crippen molar-refractivity contribution in [3.8, 4) is 0 Å². The number of carbonyl (C=O) groups is 1. The zero-order valence-electron chi connectivity index (χ0n) is 11.6. The first kappa shape index (κ1) is 15.4. The lowest BCUT2D eigenvalue weighted by atomic mass is 10.0. The maximum atomic E-state index is 10.9. The summed E-state index contributed by atoms with van der Waals surface area (Å²) in [5.41, 5.74) is 0. The molecule has 0 aromatic carbocycles. The lowest BCUT2D eigenvalue weighted by Gasteiger charge is -2.40. The topological polar surface area (TPSA) is 72.8 Å². The maximum Gasteiger partial charge on any atom is 0.320 e. The van der Waals surface area contributed by atoms with Crippen LogP contribution in [0.5, 0.6) is 0 Å². The van der Waals surface area contributed by atoms with E-state index in [2.05, 4.69) is 19.2 Å². The van der Waals surface area contributed by atoms with Crippen LogP contribution in [-0.4, -0.2) is 58.9 Å². The molecule has 1 fully saturated rings. The first-order chi connectivity index (χ1) is 8.41. The van der Waals surface area contributed by atoms with Gasteiger partial charge in [-0.1, -0.05) is 13.8 Å². The number of nitrogens with one attached hydrogen (secondary N) is 1. The minimum Gasteiger partial charge on any atom is -0.480 e. The number of hydrogen-bond donors (Lipinski definition) is 3. The highest BCUT2D eigenvalue weighted by molar-refractivity contribution is 5.74. The van der Waals surface area contributed by atoms with Gasteiger partial charge in [0.1, 0.15) is 6.04 Å². The van der Waals surface area contributed by atoms with Crippen molar-refractivity contribution in [2.75, 3.05) is 19.6 Å². The van der Waals surface area contributed by atoms with Crippen molar-refractivity contribution in [2.24, 2.45) is 5.92 Å². The molecule has 3 atom stereocenters. The van der Waals surface area contributed by atoms with Gasteiger partial charge in [0.25, 0.3) is 0 Å². The van der Waals surface area contributed by atoms with Gasteiger partial charge in [-0.25, -0.2) is 0 Å². The molecule has 1 aliphatic heterocycles. The standard InChI is InChI=1S/C13H26N2O3/c1-9(2)4-6-14-10(3)12(16)8-15-7-5-11(15)13(17)18/h9-12,14,16H,4-8H2,1-3H3,(H,17,18)/t10-,11+,12+/m1/s1. The fourth-order valence-corrected chi connectivity index (χ4v) is 2.07. The SMILES string of the molecule is CC(C)CCN[C@H](C)[C@@H](O)CN1CC[C@H]1C(=O)O. The van der Waals surface area contributed by atoms with Crippen LogP contribution in [0.15, 0.2) is 0 Å². The molecule has 0 amide bonds. The Morgan fingerprint density at radius 2 is 2.11 bits per heavy atom. The number of aliphatic hydroxyl groups is 1. The van der Waals surface area contributed by atoms with Gasteiger partial charge in [0.2, 0.25) is 0 Å². The quantitative estimate of drug-likeness (QED) is 0.592. The van der Waals surface area contributed by atoms with Gasteiger partial charge in [0, 0.05) is 19.1 Å². The zero-order valence-corrected chi connectivity index (χ0v) is 11.6. The molecule has 0 aliphatic carbocycles. The van der Waals surface area contributed by atoms with E-state index in [4.69, 9.17) is 5.11 Å². The third kappa shape index (κ3) is 4.55. The number of aliphatic carboxylic acids is 1. The molecule has 0 aromatic heterocycles. The second kappa shape index (κ2) is 7.07. The molecule has 3 N–H and O–H groups in total. The number of likely N-dealkylation sites (tertiary alicyclic amines) is 1. The van der Waals surface area contributed by atoms with E-state index in [-0.39, 0.29) is 6.04 Å². The summed E-state index contributed by atoms with van der Waals surface area (Å²) in [6.07, 6.45) is 1.26. The molecule has 0 aromatic rings. The number of rotatable bonds is 8. The van der Waals surface area contributed by atoms with E-state index in [0.29, 0.717) is 18.9 Å². The Bertz CT molecular complexity index is 271. The Labute approximate surface area is 109 Å². The highest BCUT2D eigenvalue weighted by Crippen LogP contribution is 2.18. The molecule has 1 heterocycles. The van der Waals surface area contributed by atoms with E-state index >= 15 is 0 Å². The van der Waals surface area contributed by atoms with E-state index in [1.54, 1.807) is 0 Å². The van der Waals surface area contributed by atoms with E-state index in [1.807, 2.05) is 11.8 Å². The highest BCUT2D eigenvalue weighted by Gasteiger charge is 2.35. The minimum absolute atomic E-state index is 0.00112. The molecule has 0 radical (unpaired) electrons. The molecule has 0 bridgehead atoms. The van der Waals surface area contributed by atoms with Crippen LogP contribution in [0.1, 0.15) is 33.6 Å². The van der Waals surface area contributed by atoms with Crippen molar-refractivity contribution in [3.63, 3.8) is 0 Å². The van der Waals surface area contributed by atoms with Gasteiger partial charge in [-0.3, -0.25) is 9.69 Å². The van der Waals surface area contributed by atoms with Crippen LogP contribution in [0.4, 0.5) is 0 Å². The molecular formula is C13H26N2O3. The number of carboxylic acids is 1. The van der Waals surface area contributed by atoms with Crippen LogP contribution in [0, 0.1) is 5.92 Å². The largest absolute Gasteiger partial charge is 0.480 e. The Morgan fingerprint density at radius 3 is 2.56 bits per heavy atom. The van der Waals surface area contributed by atoms with Crippen LogP contribution < -0.4 is 5.32 Å². The average molecular weight is 258 g/mol. The van der Waals surface area contributed by atoms with Crippen molar-refractivity contribution < 1.29 is 15.0 Å². The lowest BCUT2D eigenvalue weighted by molar-refractivity contribution is -0.149. The summed E-state index contributed by atoms with van der Waals surface area (Å²) in [4.78, 5) is 12.7. The lowest BCUT2D eigenvalue weighted by Crippen LogP contribution is -2.57. The minimum atomic E-state index is -0.783. The molecule has 0 unspecified atom stereocenters. The van der Waals surface area contributed by atoms with Gasteiger partial charge < -0.3 is 15.5 Å². The van der Waals surface area contributed by atoms with Crippen LogP contribution in [-0.2, 0) is 4.79 Å². The average Bonchev–Trinajstić information content (AvgIpc) is 2.22. The Hall–Kier alpha value is -0.650. The third-order valence-electron chi connectivity index (χ3n) is 3.60. The predicted molar refractivity (Wildman–Crippen MR) is 70.5 cm³/mol. The fraction of sp³-hybridized carbons (Fsp3) is 0.923. The molecule has 106 valence electrons. The smallest absolute Gasteiger partial charge is 0.320 e. The van der Waals surface area contributed by atoms with Crippen molar-refractivity contribution in [1.82, 2.24) is 10.2 Å². The summed E-state index contributed by atoms with van der Waals surface area (Å²) in [6, 6.07) is -0.402. The Morgan fingerprint density at radius 1 is 1.44 bits per heavy atom. The maximum absolute atomic E-state index is 10.9. The number of aliphatic hydroxyl groups excluding tert-OH is 1. The van der Waals surface area contributed by atoms with Crippen LogP contribution in [0.3, 0.4) is 0 Å². The second-order valence-electron chi connectivity index (χ2n) is 5.63. The summed E-state index contributed by atoms with van der Waals surface area (Å²) in [7, 11) is 0. The normalized spacial score (nSPS) is 23.7. The summed E-state index contributed by atoms with van der Waals surface area (Å²) in [5, 5.41) is 22.2. The number of hydrogen-bond acceptors (Lipinski definition) is 4. The molecule has 1 saturated heterocycles. The molecule has 1 rings (SSSR count). The summed E-state index contributed by atoms with van der Waals surface area (Å²) < 4.78 is 0. The molecule has 5 nitrogen and oxygen atoms in total. The fourth-order valence-electron chi connectivity index (χ4n) is 2.07. The number of nitrogens with zero attached hydrogens (tertiary/aromatic N) is 1. The molecule has 0 saturated carbocycles. The number of β-amino-alcohol motifs (C(OH)–C–C–N with tert-alkyl or cyclic N) is 1. The van der Waals surface area contributed by atoms with Gasteiger partial charge in [0.15, 0.2) is 0 Å². The highest BCUT2D eigenvalue weighted by atomic mass is 16.4. The van der Waals surface area contributed by atoms with Crippen molar-refractivity contribution in [3.05, 3.63) is 0 Å². The van der Waals surface area contributed by atoms with E-state index < -0.39 is 18.1 Å². The van der Waals surface area contributed by atoms with Crippen molar-refractivity contribution in [1.29, 1.82) is 0 Å². The third-order valence-corrected chi connectivity index (χ3v) is 3.60. The zero-order chi connectivity index (χ0) is 13.7. The van der Waals surface area contributed by atoms with Crippen molar-refractivity contribution >= 4 is 5.97 Å². The van der Waals surface area contributed by atoms with Gasteiger partial charge in [-0.2, -0.15) is 0 Å².